The Hall–Kier alpha value is -2.80. The highest BCUT2D eigenvalue weighted by molar-refractivity contribution is 7.80. The van der Waals surface area contributed by atoms with Gasteiger partial charge in [-0.25, -0.2) is 4.98 Å². The van der Waals surface area contributed by atoms with E-state index < -0.39 is 0 Å². The third kappa shape index (κ3) is 3.51. The predicted molar refractivity (Wildman–Crippen MR) is 105 cm³/mol. The molecule has 128 valence electrons. The maximum absolute atomic E-state index is 10.7. The predicted octanol–water partition coefficient (Wildman–Crippen LogP) is 3.19. The van der Waals surface area contributed by atoms with Gasteiger partial charge in [0.25, 0.3) is 0 Å². The third-order valence-electron chi connectivity index (χ3n) is 3.70. The molecule has 25 heavy (non-hydrogen) atoms. The average Bonchev–Trinajstić information content (AvgIpc) is 2.62. The summed E-state index contributed by atoms with van der Waals surface area (Å²) in [6, 6.07) is 5.32. The number of benzene rings is 1. The van der Waals surface area contributed by atoms with Crippen molar-refractivity contribution in [3.05, 3.63) is 48.7 Å². The van der Waals surface area contributed by atoms with Crippen molar-refractivity contribution in [2.75, 3.05) is 24.4 Å². The van der Waals surface area contributed by atoms with Gasteiger partial charge in [-0.2, -0.15) is 17.7 Å². The quantitative estimate of drug-likeness (QED) is 0.438. The van der Waals surface area contributed by atoms with Crippen molar-refractivity contribution in [2.24, 2.45) is 5.10 Å². The maximum atomic E-state index is 10.7. The lowest BCUT2D eigenvalue weighted by molar-refractivity contribution is 0.335. The van der Waals surface area contributed by atoms with E-state index in [0.717, 1.165) is 5.39 Å². The first-order valence-electron chi connectivity index (χ1n) is 7.72. The second kappa shape index (κ2) is 7.40. The number of hydrazone groups is 1. The van der Waals surface area contributed by atoms with Gasteiger partial charge >= 0.3 is 0 Å². The summed E-state index contributed by atoms with van der Waals surface area (Å²) < 4.78 is 5.57. The molecule has 0 fully saturated rings. The van der Waals surface area contributed by atoms with E-state index in [-0.39, 0.29) is 5.75 Å². The van der Waals surface area contributed by atoms with E-state index in [9.17, 15) is 5.11 Å². The van der Waals surface area contributed by atoms with Gasteiger partial charge in [-0.05, 0) is 30.4 Å². The normalized spacial score (nSPS) is 15.1. The van der Waals surface area contributed by atoms with E-state index in [2.05, 4.69) is 22.7 Å². The van der Waals surface area contributed by atoms with Crippen LogP contribution in [0.3, 0.4) is 0 Å². The fourth-order valence-corrected chi connectivity index (χ4v) is 2.59. The van der Waals surface area contributed by atoms with Crippen molar-refractivity contribution in [1.82, 2.24) is 4.98 Å². The minimum Gasteiger partial charge on any atom is -0.505 e. The molecule has 0 atom stereocenters. The highest BCUT2D eigenvalue weighted by Crippen LogP contribution is 2.37. The van der Waals surface area contributed by atoms with Crippen LogP contribution in [0.5, 0.6) is 11.6 Å². The number of nitrogens with zero attached hydrogens (tertiary/aromatic N) is 3. The molecule has 0 saturated heterocycles. The number of hydrogen-bond acceptors (Lipinski definition) is 7. The summed E-state index contributed by atoms with van der Waals surface area (Å²) in [6.07, 6.45) is 8.62. The lowest BCUT2D eigenvalue weighted by Gasteiger charge is -2.18. The van der Waals surface area contributed by atoms with Crippen molar-refractivity contribution in [3.63, 3.8) is 0 Å². The van der Waals surface area contributed by atoms with Crippen LogP contribution in [0.4, 0.5) is 5.69 Å². The number of rotatable bonds is 5. The van der Waals surface area contributed by atoms with Crippen LogP contribution in [0.1, 0.15) is 0 Å². The number of thiol groups is 1. The van der Waals surface area contributed by atoms with E-state index in [4.69, 9.17) is 10.1 Å². The van der Waals surface area contributed by atoms with Crippen LogP contribution in [0.2, 0.25) is 0 Å². The molecule has 1 aromatic carbocycles. The summed E-state index contributed by atoms with van der Waals surface area (Å²) in [5, 5.41) is 25.9. The average molecular weight is 354 g/mol. The molecule has 0 bridgehead atoms. The molecule has 0 amide bonds. The number of aromatic hydroxyl groups is 1. The van der Waals surface area contributed by atoms with E-state index in [1.54, 1.807) is 48.6 Å². The first kappa shape index (κ1) is 17.0. The lowest BCUT2D eigenvalue weighted by Crippen LogP contribution is -2.18. The van der Waals surface area contributed by atoms with E-state index in [1.165, 1.54) is 0 Å². The first-order chi connectivity index (χ1) is 12.1. The van der Waals surface area contributed by atoms with Crippen molar-refractivity contribution in [1.29, 1.82) is 5.41 Å². The molecule has 1 aliphatic rings. The fourth-order valence-electron chi connectivity index (χ4n) is 2.50. The Bertz CT molecular complexity index is 905. The van der Waals surface area contributed by atoms with Crippen LogP contribution in [-0.2, 0) is 0 Å². The van der Waals surface area contributed by atoms with Gasteiger partial charge in [-0.1, -0.05) is 12.2 Å². The lowest BCUT2D eigenvalue weighted by atomic mass is 10.1. The molecule has 2 N–H and O–H groups in total. The Kier molecular flexibility index (Phi) is 5.04. The summed E-state index contributed by atoms with van der Waals surface area (Å²) in [7, 11) is 1.73. The second-order valence-electron chi connectivity index (χ2n) is 5.36. The van der Waals surface area contributed by atoms with E-state index >= 15 is 0 Å². The molecule has 3 rings (SSSR count). The number of hydrogen-bond donors (Lipinski definition) is 3. The smallest absolute Gasteiger partial charge is 0.221 e. The monoisotopic (exact) mass is 354 g/mol. The van der Waals surface area contributed by atoms with Crippen molar-refractivity contribution in [2.45, 2.75) is 0 Å². The zero-order valence-corrected chi connectivity index (χ0v) is 14.6. The Labute approximate surface area is 151 Å². The van der Waals surface area contributed by atoms with Crippen molar-refractivity contribution in [3.8, 4) is 11.6 Å². The van der Waals surface area contributed by atoms with E-state index in [0.29, 0.717) is 40.7 Å². The minimum atomic E-state index is 0.0873. The van der Waals surface area contributed by atoms with E-state index in [1.807, 2.05) is 12.1 Å². The summed E-state index contributed by atoms with van der Waals surface area (Å²) in [5.74, 6) is 1.13. The van der Waals surface area contributed by atoms with Gasteiger partial charge in [0.15, 0.2) is 0 Å². The van der Waals surface area contributed by atoms with Crippen LogP contribution < -0.4 is 9.75 Å². The van der Waals surface area contributed by atoms with Crippen LogP contribution in [0, 0.1) is 5.41 Å². The Morgan fingerprint density at radius 1 is 1.24 bits per heavy atom. The minimum absolute atomic E-state index is 0.0873. The first-order valence-corrected chi connectivity index (χ1v) is 8.35. The van der Waals surface area contributed by atoms with Crippen molar-refractivity contribution < 1.29 is 9.84 Å². The molecular formula is C18H18N4O2S. The van der Waals surface area contributed by atoms with Gasteiger partial charge in [0, 0.05) is 29.8 Å². The summed E-state index contributed by atoms with van der Waals surface area (Å²) in [6.45, 7) is 0.438. The Morgan fingerprint density at radius 3 is 2.80 bits per heavy atom. The molecule has 0 radical (unpaired) electrons. The molecule has 0 spiro atoms. The molecule has 6 nitrogen and oxygen atoms in total. The number of allylic oxidation sites excluding steroid dienone is 4. The molecule has 1 aliphatic carbocycles. The Balaban J connectivity index is 1.99. The number of nitrogens with one attached hydrogen (secondary N) is 1. The third-order valence-corrected chi connectivity index (χ3v) is 3.88. The van der Waals surface area contributed by atoms with Gasteiger partial charge in [0.1, 0.15) is 17.1 Å². The number of phenols is 1. The van der Waals surface area contributed by atoms with Crippen LogP contribution in [0.15, 0.2) is 53.8 Å². The molecular weight excluding hydrogens is 336 g/mol. The number of aromatic nitrogens is 1. The molecule has 1 aromatic heterocycles. The van der Waals surface area contributed by atoms with Crippen LogP contribution >= 0.6 is 12.6 Å². The Morgan fingerprint density at radius 2 is 2.04 bits per heavy atom. The summed E-state index contributed by atoms with van der Waals surface area (Å²) in [5.41, 5.74) is 1.38. The number of pyridine rings is 1. The van der Waals surface area contributed by atoms with Crippen LogP contribution in [0.25, 0.3) is 10.8 Å². The largest absolute Gasteiger partial charge is 0.505 e. The summed E-state index contributed by atoms with van der Waals surface area (Å²) >= 11 is 4.13. The van der Waals surface area contributed by atoms with Crippen LogP contribution in [-0.4, -0.2) is 40.9 Å². The highest BCUT2D eigenvalue weighted by atomic mass is 32.1. The molecule has 7 heteroatoms. The highest BCUT2D eigenvalue weighted by Gasteiger charge is 2.14. The standard InChI is InChI=1S/C18H18N4O2S/c1-22(21-15-5-3-2-4-14(15)19)16-7-6-13-12(17(16)23)8-9-20-18(13)24-10-11-25/h2-9,19,23,25H,10-11H2,1H3/b19-14?,21-15-. The molecule has 1 heterocycles. The van der Waals surface area contributed by atoms with Gasteiger partial charge < -0.3 is 9.84 Å². The SMILES string of the molecule is CN(/N=C1/C=CC=CC1=N)c1ccc2c(OCCS)nccc2c1O. The second-order valence-corrected chi connectivity index (χ2v) is 5.80. The molecule has 0 saturated carbocycles. The number of anilines is 1. The van der Waals surface area contributed by atoms with Gasteiger partial charge in [-0.15, -0.1) is 0 Å². The summed E-state index contributed by atoms with van der Waals surface area (Å²) in [4.78, 5) is 4.21. The van der Waals surface area contributed by atoms with Gasteiger partial charge in [0.2, 0.25) is 5.88 Å². The van der Waals surface area contributed by atoms with Gasteiger partial charge in [0.05, 0.1) is 12.3 Å². The molecule has 0 unspecified atom stereocenters. The number of fused-ring (bicyclic) bond motifs is 1. The zero-order chi connectivity index (χ0) is 17.8. The van der Waals surface area contributed by atoms with Gasteiger partial charge in [-0.3, -0.25) is 10.4 Å². The zero-order valence-electron chi connectivity index (χ0n) is 13.7. The van der Waals surface area contributed by atoms with Crippen molar-refractivity contribution >= 4 is 40.5 Å². The topological polar surface area (TPSA) is 81.8 Å². The fraction of sp³-hybridized carbons (Fsp3) is 0.167. The number of phenolic OH excluding ortho intramolecular Hbond substituents is 1. The molecule has 2 aromatic rings. The number of ether oxygens (including phenoxy) is 1. The molecule has 0 aliphatic heterocycles. The maximum Gasteiger partial charge on any atom is 0.221 e.